The highest BCUT2D eigenvalue weighted by molar-refractivity contribution is 6.34. The van der Waals surface area contributed by atoms with Gasteiger partial charge in [0.2, 0.25) is 0 Å². The number of fused-ring (bicyclic) bond motifs is 1. The van der Waals surface area contributed by atoms with Crippen molar-refractivity contribution in [1.82, 2.24) is 0 Å². The maximum absolute atomic E-state index is 12.4. The smallest absolute Gasteiger partial charge is 0.255 e. The van der Waals surface area contributed by atoms with Gasteiger partial charge in [-0.2, -0.15) is 0 Å². The van der Waals surface area contributed by atoms with Crippen LogP contribution in [-0.2, 0) is 4.79 Å². The topological polar surface area (TPSA) is 20.3 Å². The Morgan fingerprint density at radius 2 is 2.20 bits per heavy atom. The number of benzene rings is 1. The van der Waals surface area contributed by atoms with Crippen LogP contribution in [0.5, 0.6) is 0 Å². The summed E-state index contributed by atoms with van der Waals surface area (Å²) in [5.41, 5.74) is 4.05. The molecule has 1 aliphatic carbocycles. The first-order chi connectivity index (χ1) is 9.61. The summed E-state index contributed by atoms with van der Waals surface area (Å²) in [6.07, 6.45) is 7.15. The molecule has 0 radical (unpaired) electrons. The number of aryl methyl sites for hydroxylation is 1. The fraction of sp³-hybridized carbons (Fsp3) is 0.353. The Morgan fingerprint density at radius 3 is 2.90 bits per heavy atom. The molecule has 20 heavy (non-hydrogen) atoms. The summed E-state index contributed by atoms with van der Waals surface area (Å²) in [5, 5.41) is 0.631. The molecule has 3 rings (SSSR count). The van der Waals surface area contributed by atoms with Crippen LogP contribution in [-0.4, -0.2) is 5.91 Å². The highest BCUT2D eigenvalue weighted by Gasteiger charge is 2.33. The number of carbonyl (C=O) groups is 1. The van der Waals surface area contributed by atoms with Gasteiger partial charge in [-0.15, -0.1) is 0 Å². The van der Waals surface area contributed by atoms with Crippen LogP contribution in [0.4, 0.5) is 5.69 Å². The molecule has 0 saturated carbocycles. The number of allylic oxidation sites excluding steroid dienone is 2. The summed E-state index contributed by atoms with van der Waals surface area (Å²) in [7, 11) is 0. The lowest BCUT2D eigenvalue weighted by atomic mass is 9.87. The number of carbonyl (C=O) groups excluding carboxylic acids is 1. The van der Waals surface area contributed by atoms with Crippen molar-refractivity contribution in [1.29, 1.82) is 0 Å². The van der Waals surface area contributed by atoms with E-state index >= 15 is 0 Å². The molecule has 104 valence electrons. The molecule has 2 aliphatic rings. The zero-order valence-electron chi connectivity index (χ0n) is 11.8. The van der Waals surface area contributed by atoms with Crippen LogP contribution in [0.1, 0.15) is 31.7 Å². The van der Waals surface area contributed by atoms with Crippen molar-refractivity contribution < 1.29 is 4.79 Å². The van der Waals surface area contributed by atoms with E-state index in [0.717, 1.165) is 41.8 Å². The zero-order chi connectivity index (χ0) is 14.3. The van der Waals surface area contributed by atoms with Gasteiger partial charge in [0.15, 0.2) is 0 Å². The molecule has 0 bridgehead atoms. The summed E-state index contributed by atoms with van der Waals surface area (Å²) < 4.78 is 0. The predicted octanol–water partition coefficient (Wildman–Crippen LogP) is 4.63. The van der Waals surface area contributed by atoms with Crippen molar-refractivity contribution in [3.05, 3.63) is 52.2 Å². The highest BCUT2D eigenvalue weighted by Crippen LogP contribution is 2.42. The van der Waals surface area contributed by atoms with Gasteiger partial charge < -0.3 is 0 Å². The number of halogens is 1. The Balaban J connectivity index is 2.05. The van der Waals surface area contributed by atoms with E-state index in [2.05, 4.69) is 13.0 Å². The largest absolute Gasteiger partial charge is 0.276 e. The van der Waals surface area contributed by atoms with Crippen LogP contribution >= 0.6 is 11.6 Å². The van der Waals surface area contributed by atoms with Crippen molar-refractivity contribution in [2.24, 2.45) is 5.92 Å². The maximum Gasteiger partial charge on any atom is 0.255 e. The van der Waals surface area contributed by atoms with E-state index in [0.29, 0.717) is 10.9 Å². The third-order valence-corrected chi connectivity index (χ3v) is 4.54. The van der Waals surface area contributed by atoms with Gasteiger partial charge >= 0.3 is 0 Å². The van der Waals surface area contributed by atoms with Gasteiger partial charge in [0.05, 0.1) is 10.7 Å². The monoisotopic (exact) mass is 287 g/mol. The highest BCUT2D eigenvalue weighted by atomic mass is 35.5. The third-order valence-electron chi connectivity index (χ3n) is 4.23. The van der Waals surface area contributed by atoms with Crippen LogP contribution < -0.4 is 4.90 Å². The number of anilines is 1. The molecule has 0 spiro atoms. The van der Waals surface area contributed by atoms with E-state index in [1.165, 1.54) is 0 Å². The molecule has 3 heteroatoms. The zero-order valence-corrected chi connectivity index (χ0v) is 12.6. The third kappa shape index (κ3) is 2.08. The van der Waals surface area contributed by atoms with Crippen LogP contribution in [0.15, 0.2) is 41.6 Å². The van der Waals surface area contributed by atoms with Crippen LogP contribution in [0.3, 0.4) is 0 Å². The van der Waals surface area contributed by atoms with E-state index in [4.69, 9.17) is 11.6 Å². The fourth-order valence-electron chi connectivity index (χ4n) is 3.06. The van der Waals surface area contributed by atoms with Crippen LogP contribution in [0.25, 0.3) is 0 Å². The van der Waals surface area contributed by atoms with Gasteiger partial charge in [0, 0.05) is 11.8 Å². The second kappa shape index (κ2) is 5.10. The Kier molecular flexibility index (Phi) is 3.43. The summed E-state index contributed by atoms with van der Waals surface area (Å²) in [5.74, 6) is 0.685. The molecule has 1 heterocycles. The lowest BCUT2D eigenvalue weighted by Crippen LogP contribution is -2.26. The summed E-state index contributed by atoms with van der Waals surface area (Å²) in [6.45, 7) is 4.20. The molecule has 0 N–H and O–H groups in total. The van der Waals surface area contributed by atoms with E-state index in [1.54, 1.807) is 11.0 Å². The molecule has 2 nitrogen and oxygen atoms in total. The molecule has 1 amide bonds. The van der Waals surface area contributed by atoms with Crippen LogP contribution in [0.2, 0.25) is 5.02 Å². The lowest BCUT2D eigenvalue weighted by Gasteiger charge is -2.27. The molecular formula is C17H18ClNO. The minimum absolute atomic E-state index is 0.0270. The number of hydrogen-bond acceptors (Lipinski definition) is 1. The first kappa shape index (κ1) is 13.4. The van der Waals surface area contributed by atoms with E-state index in [9.17, 15) is 4.79 Å². The van der Waals surface area contributed by atoms with Crippen molar-refractivity contribution in [2.45, 2.75) is 33.1 Å². The van der Waals surface area contributed by atoms with Crippen molar-refractivity contribution >= 4 is 23.2 Å². The van der Waals surface area contributed by atoms with Crippen molar-refractivity contribution in [2.75, 3.05) is 4.90 Å². The van der Waals surface area contributed by atoms with Crippen LogP contribution in [0, 0.1) is 12.8 Å². The average molecular weight is 288 g/mol. The SMILES string of the molecule is CCC1CC=C2C(=CC(=O)N2c2c(C)cccc2Cl)C1. The molecule has 1 aliphatic heterocycles. The minimum Gasteiger partial charge on any atom is -0.276 e. The summed E-state index contributed by atoms with van der Waals surface area (Å²) in [6, 6.07) is 5.75. The van der Waals surface area contributed by atoms with Gasteiger partial charge in [0.25, 0.3) is 5.91 Å². The molecule has 1 aromatic carbocycles. The number of hydrogen-bond donors (Lipinski definition) is 0. The van der Waals surface area contributed by atoms with Crippen molar-refractivity contribution in [3.63, 3.8) is 0 Å². The van der Waals surface area contributed by atoms with Gasteiger partial charge in [0.1, 0.15) is 0 Å². The van der Waals surface area contributed by atoms with Gasteiger partial charge in [-0.3, -0.25) is 9.69 Å². The van der Waals surface area contributed by atoms with E-state index < -0.39 is 0 Å². The summed E-state index contributed by atoms with van der Waals surface area (Å²) in [4.78, 5) is 14.2. The number of rotatable bonds is 2. The van der Waals surface area contributed by atoms with E-state index in [1.807, 2.05) is 25.1 Å². The maximum atomic E-state index is 12.4. The number of amides is 1. The second-order valence-corrected chi connectivity index (χ2v) is 5.96. The molecule has 1 aromatic rings. The minimum atomic E-state index is 0.0270. The van der Waals surface area contributed by atoms with Crippen molar-refractivity contribution in [3.8, 4) is 0 Å². The lowest BCUT2D eigenvalue weighted by molar-refractivity contribution is -0.113. The summed E-state index contributed by atoms with van der Waals surface area (Å²) >= 11 is 6.32. The number of nitrogens with zero attached hydrogens (tertiary/aromatic N) is 1. The van der Waals surface area contributed by atoms with Gasteiger partial charge in [-0.1, -0.05) is 43.2 Å². The standard InChI is InChI=1S/C17H18ClNO/c1-3-12-7-8-15-13(9-12)10-16(20)19(15)17-11(2)5-4-6-14(17)18/h4-6,8,10,12H,3,7,9H2,1-2H3. The fourth-order valence-corrected chi connectivity index (χ4v) is 3.36. The van der Waals surface area contributed by atoms with Gasteiger partial charge in [-0.25, -0.2) is 0 Å². The predicted molar refractivity (Wildman–Crippen MR) is 82.9 cm³/mol. The number of para-hydroxylation sites is 1. The first-order valence-electron chi connectivity index (χ1n) is 7.12. The molecule has 0 saturated heterocycles. The van der Waals surface area contributed by atoms with Gasteiger partial charge in [-0.05, 0) is 42.9 Å². The normalized spacial score (nSPS) is 21.6. The Labute approximate surface area is 124 Å². The molecule has 1 atom stereocenters. The quantitative estimate of drug-likeness (QED) is 0.777. The molecule has 0 aromatic heterocycles. The second-order valence-electron chi connectivity index (χ2n) is 5.55. The molecule has 1 unspecified atom stereocenters. The Morgan fingerprint density at radius 1 is 1.40 bits per heavy atom. The van der Waals surface area contributed by atoms with E-state index in [-0.39, 0.29) is 5.91 Å². The Hall–Kier alpha value is -1.54. The average Bonchev–Trinajstić information content (AvgIpc) is 2.74. The first-order valence-corrected chi connectivity index (χ1v) is 7.50. The molecular weight excluding hydrogens is 270 g/mol. The Bertz CT molecular complexity index is 610. The molecule has 0 fully saturated rings.